The molecule has 3 aromatic rings. The molecular formula is C23H25N3O3. The SMILES string of the molecule is CCOc1ccc(-c2cc3ccccn3c2C(=O)C(=O)N2CCN(C)CC2)cc1. The van der Waals surface area contributed by atoms with Crippen molar-refractivity contribution in [2.75, 3.05) is 39.8 Å². The van der Waals surface area contributed by atoms with Gasteiger partial charge in [-0.2, -0.15) is 0 Å². The lowest BCUT2D eigenvalue weighted by Crippen LogP contribution is -2.49. The smallest absolute Gasteiger partial charge is 0.296 e. The number of aromatic nitrogens is 1. The number of Topliss-reactive ketones (excluding diaryl/α,β-unsaturated/α-hetero) is 1. The van der Waals surface area contributed by atoms with Crippen LogP contribution in [0.15, 0.2) is 54.7 Å². The van der Waals surface area contributed by atoms with Gasteiger partial charge in [-0.1, -0.05) is 18.2 Å². The van der Waals surface area contributed by atoms with E-state index in [1.54, 1.807) is 4.90 Å². The van der Waals surface area contributed by atoms with Crippen LogP contribution in [0.5, 0.6) is 5.75 Å². The van der Waals surface area contributed by atoms with E-state index in [9.17, 15) is 9.59 Å². The Morgan fingerprint density at radius 3 is 2.41 bits per heavy atom. The van der Waals surface area contributed by atoms with Gasteiger partial charge in [0.25, 0.3) is 11.7 Å². The summed E-state index contributed by atoms with van der Waals surface area (Å²) in [5.74, 6) is -0.125. The lowest BCUT2D eigenvalue weighted by molar-refractivity contribution is -0.127. The number of carbonyl (C=O) groups is 2. The molecule has 0 atom stereocenters. The van der Waals surface area contributed by atoms with Crippen LogP contribution in [0.3, 0.4) is 0 Å². The Kier molecular flexibility index (Phi) is 5.36. The summed E-state index contributed by atoms with van der Waals surface area (Å²) in [5.41, 5.74) is 2.93. The van der Waals surface area contributed by atoms with Gasteiger partial charge in [0.2, 0.25) is 0 Å². The van der Waals surface area contributed by atoms with Gasteiger partial charge in [0.05, 0.1) is 6.61 Å². The second-order valence-corrected chi connectivity index (χ2v) is 7.28. The van der Waals surface area contributed by atoms with Crippen molar-refractivity contribution in [1.29, 1.82) is 0 Å². The molecule has 0 bridgehead atoms. The molecule has 0 spiro atoms. The Labute approximate surface area is 170 Å². The molecule has 6 nitrogen and oxygen atoms in total. The topological polar surface area (TPSA) is 54.3 Å². The number of likely N-dealkylation sites (N-methyl/N-ethyl adjacent to an activating group) is 1. The van der Waals surface area contributed by atoms with E-state index in [-0.39, 0.29) is 0 Å². The van der Waals surface area contributed by atoms with Gasteiger partial charge < -0.3 is 18.9 Å². The predicted octanol–water partition coefficient (Wildman–Crippen LogP) is 2.96. The number of pyridine rings is 1. The zero-order valence-corrected chi connectivity index (χ0v) is 16.8. The maximum absolute atomic E-state index is 13.3. The van der Waals surface area contributed by atoms with Crippen LogP contribution >= 0.6 is 0 Å². The molecule has 6 heteroatoms. The Morgan fingerprint density at radius 2 is 1.72 bits per heavy atom. The number of nitrogens with zero attached hydrogens (tertiary/aromatic N) is 3. The average molecular weight is 391 g/mol. The van der Waals surface area contributed by atoms with Crippen LogP contribution in [0.4, 0.5) is 0 Å². The largest absolute Gasteiger partial charge is 0.494 e. The van der Waals surface area contributed by atoms with Crippen molar-refractivity contribution in [3.05, 3.63) is 60.4 Å². The van der Waals surface area contributed by atoms with Crippen molar-refractivity contribution in [3.8, 4) is 16.9 Å². The zero-order chi connectivity index (χ0) is 20.4. The highest BCUT2D eigenvalue weighted by Crippen LogP contribution is 2.30. The normalized spacial score (nSPS) is 14.9. The van der Waals surface area contributed by atoms with E-state index in [0.29, 0.717) is 25.4 Å². The molecule has 0 N–H and O–H groups in total. The first-order valence-electron chi connectivity index (χ1n) is 9.94. The summed E-state index contributed by atoms with van der Waals surface area (Å²) in [5, 5.41) is 0. The lowest BCUT2D eigenvalue weighted by Gasteiger charge is -2.31. The molecule has 1 fully saturated rings. The van der Waals surface area contributed by atoms with Crippen molar-refractivity contribution in [2.45, 2.75) is 6.92 Å². The molecule has 0 unspecified atom stereocenters. The molecule has 3 heterocycles. The number of carbonyl (C=O) groups excluding carboxylic acids is 2. The monoisotopic (exact) mass is 391 g/mol. The van der Waals surface area contributed by atoms with Crippen molar-refractivity contribution in [3.63, 3.8) is 0 Å². The van der Waals surface area contributed by atoms with Gasteiger partial charge in [-0.15, -0.1) is 0 Å². The predicted molar refractivity (Wildman–Crippen MR) is 112 cm³/mol. The third-order valence-electron chi connectivity index (χ3n) is 5.36. The van der Waals surface area contributed by atoms with Gasteiger partial charge in [-0.05, 0) is 49.9 Å². The fourth-order valence-corrected chi connectivity index (χ4v) is 3.73. The number of hydrogen-bond acceptors (Lipinski definition) is 4. The highest BCUT2D eigenvalue weighted by Gasteiger charge is 2.30. The van der Waals surface area contributed by atoms with Crippen LogP contribution in [0.2, 0.25) is 0 Å². The lowest BCUT2D eigenvalue weighted by atomic mass is 10.0. The molecule has 29 heavy (non-hydrogen) atoms. The number of piperazine rings is 1. The molecule has 0 saturated carbocycles. The first kappa shape index (κ1) is 19.2. The Balaban J connectivity index is 1.73. The number of benzene rings is 1. The molecular weight excluding hydrogens is 366 g/mol. The quantitative estimate of drug-likeness (QED) is 0.496. The molecule has 150 valence electrons. The van der Waals surface area contributed by atoms with E-state index in [0.717, 1.165) is 35.5 Å². The van der Waals surface area contributed by atoms with Gasteiger partial charge in [-0.3, -0.25) is 9.59 Å². The van der Waals surface area contributed by atoms with Gasteiger partial charge in [0.1, 0.15) is 11.4 Å². The van der Waals surface area contributed by atoms with Crippen molar-refractivity contribution >= 4 is 17.2 Å². The van der Waals surface area contributed by atoms with Crippen LogP contribution in [-0.2, 0) is 4.79 Å². The van der Waals surface area contributed by atoms with E-state index < -0.39 is 11.7 Å². The Morgan fingerprint density at radius 1 is 1.00 bits per heavy atom. The molecule has 1 aliphatic heterocycles. The molecule has 1 aromatic carbocycles. The first-order valence-corrected chi connectivity index (χ1v) is 9.94. The fourth-order valence-electron chi connectivity index (χ4n) is 3.73. The minimum Gasteiger partial charge on any atom is -0.494 e. The molecule has 1 saturated heterocycles. The van der Waals surface area contributed by atoms with E-state index in [2.05, 4.69) is 4.90 Å². The van der Waals surface area contributed by atoms with E-state index >= 15 is 0 Å². The van der Waals surface area contributed by atoms with E-state index in [1.165, 1.54) is 0 Å². The van der Waals surface area contributed by atoms with E-state index in [4.69, 9.17) is 4.74 Å². The van der Waals surface area contributed by atoms with Gasteiger partial charge in [0, 0.05) is 43.5 Å². The highest BCUT2D eigenvalue weighted by atomic mass is 16.5. The number of fused-ring (bicyclic) bond motifs is 1. The van der Waals surface area contributed by atoms with Crippen molar-refractivity contribution < 1.29 is 14.3 Å². The van der Waals surface area contributed by atoms with Crippen LogP contribution in [-0.4, -0.2) is 65.7 Å². The summed E-state index contributed by atoms with van der Waals surface area (Å²) in [7, 11) is 2.02. The molecule has 0 aliphatic carbocycles. The summed E-state index contributed by atoms with van der Waals surface area (Å²) < 4.78 is 7.33. The summed E-state index contributed by atoms with van der Waals surface area (Å²) in [6.45, 7) is 5.23. The summed E-state index contributed by atoms with van der Waals surface area (Å²) in [6, 6.07) is 15.3. The standard InChI is InChI=1S/C23H25N3O3/c1-3-29-19-9-7-17(8-10-19)20-16-18-6-4-5-11-26(18)21(20)22(27)23(28)25-14-12-24(2)13-15-25/h4-11,16H,3,12-15H2,1-2H3. The zero-order valence-electron chi connectivity index (χ0n) is 16.8. The first-order chi connectivity index (χ1) is 14.1. The number of ketones is 1. The number of rotatable bonds is 5. The summed E-state index contributed by atoms with van der Waals surface area (Å²) in [4.78, 5) is 30.1. The second kappa shape index (κ2) is 8.09. The van der Waals surface area contributed by atoms with Crippen LogP contribution in [0, 0.1) is 0 Å². The third kappa shape index (κ3) is 3.76. The van der Waals surface area contributed by atoms with Crippen LogP contribution < -0.4 is 4.74 Å². The van der Waals surface area contributed by atoms with Crippen molar-refractivity contribution in [2.24, 2.45) is 0 Å². The van der Waals surface area contributed by atoms with E-state index in [1.807, 2.05) is 73.1 Å². The van der Waals surface area contributed by atoms with Gasteiger partial charge >= 0.3 is 0 Å². The van der Waals surface area contributed by atoms with Gasteiger partial charge in [-0.25, -0.2) is 0 Å². The molecule has 4 rings (SSSR count). The number of amides is 1. The molecule has 1 aliphatic rings. The summed E-state index contributed by atoms with van der Waals surface area (Å²) >= 11 is 0. The number of hydrogen-bond donors (Lipinski definition) is 0. The average Bonchev–Trinajstić information content (AvgIpc) is 3.13. The fraction of sp³-hybridized carbons (Fsp3) is 0.304. The third-order valence-corrected chi connectivity index (χ3v) is 5.36. The minimum absolute atomic E-state index is 0.411. The maximum atomic E-state index is 13.3. The minimum atomic E-state index is -0.468. The molecule has 0 radical (unpaired) electrons. The van der Waals surface area contributed by atoms with Gasteiger partial charge in [0.15, 0.2) is 0 Å². The Bertz CT molecular complexity index is 1030. The summed E-state index contributed by atoms with van der Waals surface area (Å²) in [6.07, 6.45) is 1.83. The number of ether oxygens (including phenoxy) is 1. The van der Waals surface area contributed by atoms with Crippen LogP contribution in [0.25, 0.3) is 16.6 Å². The molecule has 2 aromatic heterocycles. The second-order valence-electron chi connectivity index (χ2n) is 7.28. The Hall–Kier alpha value is -3.12. The van der Waals surface area contributed by atoms with Crippen molar-refractivity contribution in [1.82, 2.24) is 14.2 Å². The maximum Gasteiger partial charge on any atom is 0.296 e. The highest BCUT2D eigenvalue weighted by molar-refractivity contribution is 6.43. The van der Waals surface area contributed by atoms with Crippen LogP contribution in [0.1, 0.15) is 17.4 Å². The molecule has 1 amide bonds.